The lowest BCUT2D eigenvalue weighted by Crippen LogP contribution is -2.33. The van der Waals surface area contributed by atoms with Crippen molar-refractivity contribution in [3.8, 4) is 0 Å². The summed E-state index contributed by atoms with van der Waals surface area (Å²) in [4.78, 5) is 15.4. The molecule has 0 saturated heterocycles. The van der Waals surface area contributed by atoms with E-state index >= 15 is 0 Å². The van der Waals surface area contributed by atoms with Crippen molar-refractivity contribution in [2.24, 2.45) is 0 Å². The molecule has 0 aliphatic heterocycles. The van der Waals surface area contributed by atoms with E-state index in [1.54, 1.807) is 24.1 Å². The van der Waals surface area contributed by atoms with Crippen molar-refractivity contribution < 1.29 is 9.18 Å². The average molecular weight is 253 g/mol. The van der Waals surface area contributed by atoms with Gasteiger partial charge in [0, 0.05) is 19.3 Å². The fourth-order valence-corrected chi connectivity index (χ4v) is 1.51. The first kappa shape index (κ1) is 14.4. The number of hydrogen-bond acceptors (Lipinski definition) is 2. The molecule has 0 atom stereocenters. The maximum Gasteiger partial charge on any atom is 0.321 e. The van der Waals surface area contributed by atoms with Crippen LogP contribution in [0.25, 0.3) is 0 Å². The van der Waals surface area contributed by atoms with E-state index in [0.717, 1.165) is 13.0 Å². The molecule has 4 nitrogen and oxygen atoms in total. The quantitative estimate of drug-likeness (QED) is 0.873. The lowest BCUT2D eigenvalue weighted by atomic mass is 10.3. The molecule has 0 aliphatic rings. The van der Waals surface area contributed by atoms with Gasteiger partial charge in [0.15, 0.2) is 0 Å². The number of amides is 2. The number of urea groups is 1. The van der Waals surface area contributed by atoms with Gasteiger partial charge in [0.2, 0.25) is 0 Å². The molecule has 100 valence electrons. The summed E-state index contributed by atoms with van der Waals surface area (Å²) in [5, 5.41) is 2.65. The van der Waals surface area contributed by atoms with Gasteiger partial charge in [0.25, 0.3) is 0 Å². The van der Waals surface area contributed by atoms with Crippen molar-refractivity contribution >= 4 is 11.7 Å². The van der Waals surface area contributed by atoms with Crippen LogP contribution >= 0.6 is 0 Å². The summed E-state index contributed by atoms with van der Waals surface area (Å²) in [5.41, 5.74) is 0.472. The van der Waals surface area contributed by atoms with E-state index < -0.39 is 0 Å². The molecule has 0 unspecified atom stereocenters. The molecule has 0 fully saturated rings. The van der Waals surface area contributed by atoms with Crippen LogP contribution in [-0.2, 0) is 0 Å². The van der Waals surface area contributed by atoms with Gasteiger partial charge in [-0.15, -0.1) is 0 Å². The highest BCUT2D eigenvalue weighted by atomic mass is 19.1. The van der Waals surface area contributed by atoms with Crippen molar-refractivity contribution in [2.75, 3.05) is 39.5 Å². The van der Waals surface area contributed by atoms with Crippen LogP contribution in [0.5, 0.6) is 0 Å². The Kier molecular flexibility index (Phi) is 5.58. The molecule has 1 N–H and O–H groups in total. The first-order valence-corrected chi connectivity index (χ1v) is 5.91. The van der Waals surface area contributed by atoms with Crippen LogP contribution in [0.2, 0.25) is 0 Å². The summed E-state index contributed by atoms with van der Waals surface area (Å²) in [5.74, 6) is -0.358. The molecular weight excluding hydrogens is 233 g/mol. The summed E-state index contributed by atoms with van der Waals surface area (Å²) in [7, 11) is 5.71. The number of benzene rings is 1. The van der Waals surface area contributed by atoms with Crippen LogP contribution < -0.4 is 5.32 Å². The molecule has 1 aromatic carbocycles. The predicted molar refractivity (Wildman–Crippen MR) is 71.2 cm³/mol. The largest absolute Gasteiger partial charge is 0.328 e. The Morgan fingerprint density at radius 2 is 2.00 bits per heavy atom. The van der Waals surface area contributed by atoms with Crippen LogP contribution in [0, 0.1) is 5.82 Å². The van der Waals surface area contributed by atoms with E-state index in [1.807, 2.05) is 14.1 Å². The normalized spacial score (nSPS) is 10.5. The topological polar surface area (TPSA) is 35.6 Å². The second-order valence-corrected chi connectivity index (χ2v) is 4.52. The van der Waals surface area contributed by atoms with E-state index in [-0.39, 0.29) is 11.8 Å². The molecule has 1 rings (SSSR count). The third-order valence-electron chi connectivity index (χ3n) is 2.52. The molecule has 0 spiro atoms. The highest BCUT2D eigenvalue weighted by Crippen LogP contribution is 2.09. The highest BCUT2D eigenvalue weighted by Gasteiger charge is 2.08. The fraction of sp³-hybridized carbons (Fsp3) is 0.462. The van der Waals surface area contributed by atoms with Crippen molar-refractivity contribution in [1.29, 1.82) is 0 Å². The van der Waals surface area contributed by atoms with Crippen LogP contribution in [0.15, 0.2) is 24.3 Å². The van der Waals surface area contributed by atoms with Crippen LogP contribution in [0.1, 0.15) is 6.42 Å². The Hall–Kier alpha value is -1.62. The molecule has 0 heterocycles. The van der Waals surface area contributed by atoms with Crippen LogP contribution in [0.4, 0.5) is 14.9 Å². The van der Waals surface area contributed by atoms with E-state index in [0.29, 0.717) is 12.2 Å². The van der Waals surface area contributed by atoms with Gasteiger partial charge >= 0.3 is 6.03 Å². The molecular formula is C13H20FN3O. The van der Waals surface area contributed by atoms with E-state index in [9.17, 15) is 9.18 Å². The third-order valence-corrected chi connectivity index (χ3v) is 2.52. The summed E-state index contributed by atoms with van der Waals surface area (Å²) in [6.07, 6.45) is 0.903. The van der Waals surface area contributed by atoms with Gasteiger partial charge in [-0.3, -0.25) is 0 Å². The molecule has 0 aliphatic carbocycles. The van der Waals surface area contributed by atoms with Crippen molar-refractivity contribution in [2.45, 2.75) is 6.42 Å². The van der Waals surface area contributed by atoms with Gasteiger partial charge < -0.3 is 15.1 Å². The first-order chi connectivity index (χ1) is 8.49. The number of halogens is 1. The summed E-state index contributed by atoms with van der Waals surface area (Å²) in [6.45, 7) is 1.59. The maximum atomic E-state index is 12.9. The highest BCUT2D eigenvalue weighted by molar-refractivity contribution is 5.89. The van der Waals surface area contributed by atoms with E-state index in [4.69, 9.17) is 0 Å². The SMILES string of the molecule is CN(C)CCCN(C)C(=O)Nc1cccc(F)c1. The summed E-state index contributed by atoms with van der Waals surface area (Å²) in [6, 6.07) is 5.65. The fourth-order valence-electron chi connectivity index (χ4n) is 1.51. The first-order valence-electron chi connectivity index (χ1n) is 5.91. The molecule has 5 heteroatoms. The zero-order valence-electron chi connectivity index (χ0n) is 11.1. The van der Waals surface area contributed by atoms with Crippen molar-refractivity contribution in [3.05, 3.63) is 30.1 Å². The number of carbonyl (C=O) groups is 1. The van der Waals surface area contributed by atoms with Crippen LogP contribution in [-0.4, -0.2) is 50.1 Å². The Balaban J connectivity index is 2.40. The van der Waals surface area contributed by atoms with Gasteiger partial charge in [-0.1, -0.05) is 6.07 Å². The number of nitrogens with zero attached hydrogens (tertiary/aromatic N) is 2. The Morgan fingerprint density at radius 1 is 1.28 bits per heavy atom. The Labute approximate surface area is 107 Å². The third kappa shape index (κ3) is 5.14. The molecule has 18 heavy (non-hydrogen) atoms. The Morgan fingerprint density at radius 3 is 2.61 bits per heavy atom. The number of anilines is 1. The van der Waals surface area contributed by atoms with Gasteiger partial charge in [-0.25, -0.2) is 9.18 Å². The monoisotopic (exact) mass is 253 g/mol. The molecule has 0 aromatic heterocycles. The molecule has 2 amide bonds. The molecule has 1 aromatic rings. The Bertz CT molecular complexity index is 396. The summed E-state index contributed by atoms with van der Waals surface area (Å²) >= 11 is 0. The zero-order chi connectivity index (χ0) is 13.5. The van der Waals surface area contributed by atoms with Gasteiger partial charge in [-0.2, -0.15) is 0 Å². The van der Waals surface area contributed by atoms with Gasteiger partial charge in [0.05, 0.1) is 0 Å². The van der Waals surface area contributed by atoms with Crippen LogP contribution in [0.3, 0.4) is 0 Å². The molecule has 0 saturated carbocycles. The predicted octanol–water partition coefficient (Wildman–Crippen LogP) is 2.24. The number of nitrogens with one attached hydrogen (secondary N) is 1. The lowest BCUT2D eigenvalue weighted by molar-refractivity contribution is 0.220. The lowest BCUT2D eigenvalue weighted by Gasteiger charge is -2.19. The zero-order valence-corrected chi connectivity index (χ0v) is 11.1. The van der Waals surface area contributed by atoms with E-state index in [2.05, 4.69) is 10.2 Å². The number of rotatable bonds is 5. The minimum absolute atomic E-state index is 0.223. The molecule has 0 bridgehead atoms. The van der Waals surface area contributed by atoms with E-state index in [1.165, 1.54) is 12.1 Å². The average Bonchev–Trinajstić information content (AvgIpc) is 2.28. The maximum absolute atomic E-state index is 12.9. The minimum atomic E-state index is -0.358. The molecule has 0 radical (unpaired) electrons. The second kappa shape index (κ2) is 6.96. The number of carbonyl (C=O) groups excluding carboxylic acids is 1. The standard InChI is InChI=1S/C13H20FN3O/c1-16(2)8-5-9-17(3)13(18)15-12-7-4-6-11(14)10-12/h4,6-7,10H,5,8-9H2,1-3H3,(H,15,18). The van der Waals surface area contributed by atoms with Gasteiger partial charge in [0.1, 0.15) is 5.82 Å². The van der Waals surface area contributed by atoms with Gasteiger partial charge in [-0.05, 0) is 45.3 Å². The smallest absolute Gasteiger partial charge is 0.321 e. The van der Waals surface area contributed by atoms with Crippen molar-refractivity contribution in [3.63, 3.8) is 0 Å². The summed E-state index contributed by atoms with van der Waals surface area (Å²) < 4.78 is 12.9. The minimum Gasteiger partial charge on any atom is -0.328 e. The second-order valence-electron chi connectivity index (χ2n) is 4.52. The number of hydrogen-bond donors (Lipinski definition) is 1. The van der Waals surface area contributed by atoms with Crippen molar-refractivity contribution in [1.82, 2.24) is 9.80 Å².